The normalized spacial score (nSPS) is 30.8. The van der Waals surface area contributed by atoms with E-state index >= 15 is 0 Å². The van der Waals surface area contributed by atoms with E-state index in [0.29, 0.717) is 19.0 Å². The Labute approximate surface area is 137 Å². The molecule has 0 aromatic heterocycles. The highest BCUT2D eigenvalue weighted by Crippen LogP contribution is 2.34. The Morgan fingerprint density at radius 3 is 2.48 bits per heavy atom. The molecule has 122 valence electrons. The molecule has 0 aromatic carbocycles. The summed E-state index contributed by atoms with van der Waals surface area (Å²) in [7, 11) is 1.50. The van der Waals surface area contributed by atoms with E-state index < -0.39 is 11.7 Å². The van der Waals surface area contributed by atoms with Gasteiger partial charge in [0.2, 0.25) is 5.60 Å². The van der Waals surface area contributed by atoms with Crippen LogP contribution in [0.3, 0.4) is 0 Å². The molecular weight excluding hydrogens is 317 g/mol. The number of carbonyl (C=O) groups is 2. The predicted octanol–water partition coefficient (Wildman–Crippen LogP) is 1.03. The SMILES string of the molecule is CN1C(=O)OC2(CCCN(C3CCNCC3)C2)C1=O.Cl.Cl. The number of rotatable bonds is 1. The van der Waals surface area contributed by atoms with E-state index in [9.17, 15) is 9.59 Å². The summed E-state index contributed by atoms with van der Waals surface area (Å²) in [6, 6.07) is 0.510. The number of nitrogens with one attached hydrogen (secondary N) is 1. The van der Waals surface area contributed by atoms with Crippen LogP contribution >= 0.6 is 24.8 Å². The van der Waals surface area contributed by atoms with Crippen LogP contribution < -0.4 is 5.32 Å². The van der Waals surface area contributed by atoms with Crippen LogP contribution in [-0.4, -0.2) is 66.7 Å². The lowest BCUT2D eigenvalue weighted by Crippen LogP contribution is -2.57. The van der Waals surface area contributed by atoms with Crippen LogP contribution in [0.25, 0.3) is 0 Å². The standard InChI is InChI=1S/C13H21N3O3.2ClH/c1-15-11(17)13(19-12(15)18)5-2-8-16(9-13)10-3-6-14-7-4-10;;/h10,14H,2-9H2,1H3;2*1H. The minimum Gasteiger partial charge on any atom is -0.431 e. The Balaban J connectivity index is 0.00000110. The number of hydrogen-bond donors (Lipinski definition) is 1. The molecule has 2 amide bonds. The molecule has 0 saturated carbocycles. The van der Waals surface area contributed by atoms with E-state index in [0.717, 1.165) is 43.8 Å². The number of likely N-dealkylation sites (N-methyl/N-ethyl adjacent to an activating group) is 1. The Hall–Kier alpha value is -0.560. The highest BCUT2D eigenvalue weighted by molar-refractivity contribution is 6.02. The highest BCUT2D eigenvalue weighted by Gasteiger charge is 2.54. The third-order valence-corrected chi connectivity index (χ3v) is 4.56. The van der Waals surface area contributed by atoms with E-state index in [1.165, 1.54) is 7.05 Å². The molecule has 1 atom stereocenters. The first-order valence-corrected chi connectivity index (χ1v) is 7.08. The second-order valence-electron chi connectivity index (χ2n) is 5.78. The molecular formula is C13H23Cl2N3O3. The van der Waals surface area contributed by atoms with Gasteiger partial charge in [-0.1, -0.05) is 0 Å². The lowest BCUT2D eigenvalue weighted by molar-refractivity contribution is -0.141. The molecule has 3 saturated heterocycles. The van der Waals surface area contributed by atoms with Crippen LogP contribution in [0.2, 0.25) is 0 Å². The van der Waals surface area contributed by atoms with Crippen molar-refractivity contribution in [2.75, 3.05) is 33.2 Å². The molecule has 0 bridgehead atoms. The molecule has 3 aliphatic heterocycles. The minimum absolute atomic E-state index is 0. The van der Waals surface area contributed by atoms with Crippen molar-refractivity contribution in [1.29, 1.82) is 0 Å². The fourth-order valence-electron chi connectivity index (χ4n) is 3.46. The maximum absolute atomic E-state index is 12.3. The molecule has 0 aromatic rings. The molecule has 21 heavy (non-hydrogen) atoms. The monoisotopic (exact) mass is 339 g/mol. The maximum atomic E-state index is 12.3. The summed E-state index contributed by atoms with van der Waals surface area (Å²) in [4.78, 5) is 27.3. The van der Waals surface area contributed by atoms with Crippen molar-refractivity contribution in [1.82, 2.24) is 15.1 Å². The summed E-state index contributed by atoms with van der Waals surface area (Å²) < 4.78 is 5.42. The van der Waals surface area contributed by atoms with Crippen LogP contribution in [0.4, 0.5) is 4.79 Å². The number of ether oxygens (including phenoxy) is 1. The molecule has 3 fully saturated rings. The first-order valence-electron chi connectivity index (χ1n) is 7.08. The van der Waals surface area contributed by atoms with Gasteiger partial charge in [-0.3, -0.25) is 9.69 Å². The van der Waals surface area contributed by atoms with Gasteiger partial charge in [-0.05, 0) is 45.3 Å². The second-order valence-corrected chi connectivity index (χ2v) is 5.78. The van der Waals surface area contributed by atoms with Crippen LogP contribution in [0, 0.1) is 0 Å². The molecule has 3 heterocycles. The summed E-state index contributed by atoms with van der Waals surface area (Å²) in [6.07, 6.45) is 3.28. The smallest absolute Gasteiger partial charge is 0.417 e. The van der Waals surface area contributed by atoms with Crippen molar-refractivity contribution in [2.24, 2.45) is 0 Å². The van der Waals surface area contributed by atoms with Gasteiger partial charge in [0.1, 0.15) is 0 Å². The Morgan fingerprint density at radius 1 is 1.24 bits per heavy atom. The van der Waals surface area contributed by atoms with Crippen molar-refractivity contribution < 1.29 is 14.3 Å². The number of nitrogens with zero attached hydrogens (tertiary/aromatic N) is 2. The first-order chi connectivity index (χ1) is 9.12. The molecule has 0 aliphatic carbocycles. The van der Waals surface area contributed by atoms with Crippen molar-refractivity contribution in [3.05, 3.63) is 0 Å². The van der Waals surface area contributed by atoms with E-state index in [1.54, 1.807) is 0 Å². The maximum Gasteiger partial charge on any atom is 0.417 e. The highest BCUT2D eigenvalue weighted by atomic mass is 35.5. The molecule has 8 heteroatoms. The largest absolute Gasteiger partial charge is 0.431 e. The zero-order valence-corrected chi connectivity index (χ0v) is 13.8. The van der Waals surface area contributed by atoms with Gasteiger partial charge in [0.15, 0.2) is 0 Å². The number of hydrogen-bond acceptors (Lipinski definition) is 5. The molecule has 1 N–H and O–H groups in total. The minimum atomic E-state index is -0.908. The van der Waals surface area contributed by atoms with Crippen molar-refractivity contribution in [3.63, 3.8) is 0 Å². The van der Waals surface area contributed by atoms with Gasteiger partial charge in [-0.25, -0.2) is 9.69 Å². The molecule has 0 radical (unpaired) electrons. The van der Waals surface area contributed by atoms with Gasteiger partial charge in [0.05, 0.1) is 0 Å². The van der Waals surface area contributed by atoms with Gasteiger partial charge in [-0.15, -0.1) is 24.8 Å². The van der Waals surface area contributed by atoms with Crippen LogP contribution in [0.1, 0.15) is 25.7 Å². The third kappa shape index (κ3) is 3.28. The number of likely N-dealkylation sites (tertiary alicyclic amines) is 1. The molecule has 3 aliphatic rings. The Kier molecular flexibility index (Phi) is 6.28. The summed E-state index contributed by atoms with van der Waals surface area (Å²) in [5, 5.41) is 3.35. The van der Waals surface area contributed by atoms with Crippen molar-refractivity contribution >= 4 is 36.8 Å². The molecule has 3 rings (SSSR count). The van der Waals surface area contributed by atoms with Gasteiger partial charge in [0.25, 0.3) is 5.91 Å². The van der Waals surface area contributed by atoms with Gasteiger partial charge >= 0.3 is 6.09 Å². The van der Waals surface area contributed by atoms with E-state index in [4.69, 9.17) is 4.74 Å². The fourth-order valence-corrected chi connectivity index (χ4v) is 3.46. The van der Waals surface area contributed by atoms with E-state index in [-0.39, 0.29) is 30.7 Å². The quantitative estimate of drug-likeness (QED) is 0.772. The zero-order valence-electron chi connectivity index (χ0n) is 12.2. The van der Waals surface area contributed by atoms with Crippen LogP contribution in [0.5, 0.6) is 0 Å². The predicted molar refractivity (Wildman–Crippen MR) is 83.2 cm³/mol. The third-order valence-electron chi connectivity index (χ3n) is 4.56. The second kappa shape index (κ2) is 7.13. The van der Waals surface area contributed by atoms with E-state index in [1.807, 2.05) is 0 Å². The van der Waals surface area contributed by atoms with Gasteiger partial charge < -0.3 is 10.1 Å². The Morgan fingerprint density at radius 2 is 1.90 bits per heavy atom. The number of halogens is 2. The molecule has 1 unspecified atom stereocenters. The number of imide groups is 1. The Bertz CT molecular complexity index is 404. The van der Waals surface area contributed by atoms with Crippen molar-refractivity contribution in [3.8, 4) is 0 Å². The zero-order chi connectivity index (χ0) is 13.5. The van der Waals surface area contributed by atoms with E-state index in [2.05, 4.69) is 10.2 Å². The van der Waals surface area contributed by atoms with Crippen molar-refractivity contribution in [2.45, 2.75) is 37.3 Å². The summed E-state index contributed by atoms with van der Waals surface area (Å²) >= 11 is 0. The molecule has 1 spiro atoms. The number of amides is 2. The van der Waals surface area contributed by atoms with Gasteiger partial charge in [0, 0.05) is 19.6 Å². The van der Waals surface area contributed by atoms with Gasteiger partial charge in [-0.2, -0.15) is 0 Å². The first kappa shape index (κ1) is 18.5. The summed E-state index contributed by atoms with van der Waals surface area (Å²) in [5.74, 6) is -0.170. The fraction of sp³-hybridized carbons (Fsp3) is 0.846. The summed E-state index contributed by atoms with van der Waals surface area (Å²) in [6.45, 7) is 3.62. The average Bonchev–Trinajstić information content (AvgIpc) is 2.65. The summed E-state index contributed by atoms with van der Waals surface area (Å²) in [5.41, 5.74) is -0.908. The number of carbonyl (C=O) groups excluding carboxylic acids is 2. The van der Waals surface area contributed by atoms with Crippen LogP contribution in [-0.2, 0) is 9.53 Å². The lowest BCUT2D eigenvalue weighted by atomic mass is 9.89. The number of piperidine rings is 2. The topological polar surface area (TPSA) is 61.9 Å². The molecule has 6 nitrogen and oxygen atoms in total. The average molecular weight is 340 g/mol. The lowest BCUT2D eigenvalue weighted by Gasteiger charge is -2.42. The van der Waals surface area contributed by atoms with Crippen LogP contribution in [0.15, 0.2) is 0 Å².